The molecule has 12 heteroatoms. The van der Waals surface area contributed by atoms with Crippen molar-refractivity contribution in [1.29, 1.82) is 0 Å². The van der Waals surface area contributed by atoms with Crippen LogP contribution in [0.15, 0.2) is 47.2 Å². The second kappa shape index (κ2) is 6.45. The zero-order valence-corrected chi connectivity index (χ0v) is 13.0. The van der Waals surface area contributed by atoms with Crippen molar-refractivity contribution in [1.82, 2.24) is 14.8 Å². The average Bonchev–Trinajstić information content (AvgIpc) is 3.24. The Kier molecular flexibility index (Phi) is 4.41. The molecule has 0 aromatic carbocycles. The summed E-state index contributed by atoms with van der Waals surface area (Å²) in [6, 6.07) is 5.01. The van der Waals surface area contributed by atoms with Crippen LogP contribution in [0.2, 0.25) is 0 Å². The standard InChI is InChI=1S/C15H8F6N4O2/c16-14(17,18)10-7-11(15(19,20)21)25(24-10)12-8(3-1-5-22-12)23-13(26)9-4-2-6-27-9/h1-7H,(H,23,26). The van der Waals surface area contributed by atoms with E-state index in [2.05, 4.69) is 15.4 Å². The van der Waals surface area contributed by atoms with Crippen LogP contribution in [0.5, 0.6) is 0 Å². The first-order valence-electron chi connectivity index (χ1n) is 7.12. The molecule has 0 aliphatic carbocycles. The molecule has 1 amide bonds. The van der Waals surface area contributed by atoms with Gasteiger partial charge in [0, 0.05) is 12.3 Å². The van der Waals surface area contributed by atoms with E-state index in [-0.39, 0.29) is 22.2 Å². The van der Waals surface area contributed by atoms with Gasteiger partial charge in [-0.3, -0.25) is 4.79 Å². The molecular weight excluding hydrogens is 382 g/mol. The van der Waals surface area contributed by atoms with E-state index in [9.17, 15) is 31.1 Å². The molecule has 142 valence electrons. The van der Waals surface area contributed by atoms with E-state index in [4.69, 9.17) is 4.42 Å². The van der Waals surface area contributed by atoms with E-state index in [1.807, 2.05) is 0 Å². The average molecular weight is 390 g/mol. The molecule has 3 rings (SSSR count). The Labute approximate surface area is 146 Å². The molecule has 1 N–H and O–H groups in total. The first-order chi connectivity index (χ1) is 12.6. The van der Waals surface area contributed by atoms with Crippen molar-refractivity contribution in [3.05, 3.63) is 59.9 Å². The molecule has 3 aromatic rings. The first-order valence-corrected chi connectivity index (χ1v) is 7.12. The largest absolute Gasteiger partial charge is 0.459 e. The molecule has 0 saturated carbocycles. The minimum Gasteiger partial charge on any atom is -0.459 e. The van der Waals surface area contributed by atoms with Crippen molar-refractivity contribution in [2.75, 3.05) is 5.32 Å². The van der Waals surface area contributed by atoms with Crippen LogP contribution in [-0.2, 0) is 12.4 Å². The molecule has 3 heterocycles. The molecular formula is C15H8F6N4O2. The Hall–Kier alpha value is -3.31. The number of rotatable bonds is 3. The van der Waals surface area contributed by atoms with E-state index in [0.717, 1.165) is 12.3 Å². The number of carbonyl (C=O) groups is 1. The zero-order chi connectivity index (χ0) is 19.8. The van der Waals surface area contributed by atoms with Crippen LogP contribution in [0.25, 0.3) is 5.82 Å². The Morgan fingerprint density at radius 3 is 2.41 bits per heavy atom. The zero-order valence-electron chi connectivity index (χ0n) is 13.0. The predicted molar refractivity (Wildman–Crippen MR) is 78.0 cm³/mol. The minimum absolute atomic E-state index is 0.0133. The summed E-state index contributed by atoms with van der Waals surface area (Å²) in [6.07, 6.45) is -8.00. The fraction of sp³-hybridized carbons (Fsp3) is 0.133. The highest BCUT2D eigenvalue weighted by molar-refractivity contribution is 6.03. The highest BCUT2D eigenvalue weighted by Gasteiger charge is 2.42. The smallest absolute Gasteiger partial charge is 0.435 e. The fourth-order valence-corrected chi connectivity index (χ4v) is 2.14. The molecule has 0 unspecified atom stereocenters. The predicted octanol–water partition coefficient (Wildman–Crippen LogP) is 4.15. The molecule has 0 aliphatic heterocycles. The Morgan fingerprint density at radius 1 is 1.07 bits per heavy atom. The SMILES string of the molecule is O=C(Nc1cccnc1-n1nc(C(F)(F)F)cc1C(F)(F)F)c1ccco1. The van der Waals surface area contributed by atoms with Gasteiger partial charge in [-0.15, -0.1) is 0 Å². The van der Waals surface area contributed by atoms with Crippen molar-refractivity contribution in [2.24, 2.45) is 0 Å². The number of pyridine rings is 1. The summed E-state index contributed by atoms with van der Waals surface area (Å²) in [5.74, 6) is -1.62. The maximum atomic E-state index is 13.2. The lowest BCUT2D eigenvalue weighted by atomic mass is 10.3. The summed E-state index contributed by atoms with van der Waals surface area (Å²) < 4.78 is 82.9. The number of furan rings is 1. The molecule has 0 saturated heterocycles. The van der Waals surface area contributed by atoms with Crippen molar-refractivity contribution in [3.63, 3.8) is 0 Å². The van der Waals surface area contributed by atoms with E-state index < -0.39 is 35.5 Å². The Balaban J connectivity index is 2.09. The second-order valence-corrected chi connectivity index (χ2v) is 5.13. The molecule has 0 atom stereocenters. The number of aromatic nitrogens is 3. The van der Waals surface area contributed by atoms with Gasteiger partial charge in [-0.05, 0) is 24.3 Å². The summed E-state index contributed by atoms with van der Waals surface area (Å²) in [4.78, 5) is 15.7. The summed E-state index contributed by atoms with van der Waals surface area (Å²) in [6.45, 7) is 0. The molecule has 0 bridgehead atoms. The highest BCUT2D eigenvalue weighted by atomic mass is 19.4. The second-order valence-electron chi connectivity index (χ2n) is 5.13. The van der Waals surface area contributed by atoms with Gasteiger partial charge in [0.2, 0.25) is 0 Å². The van der Waals surface area contributed by atoms with Gasteiger partial charge < -0.3 is 9.73 Å². The fourth-order valence-electron chi connectivity index (χ4n) is 2.14. The monoisotopic (exact) mass is 390 g/mol. The van der Waals surface area contributed by atoms with Crippen LogP contribution in [0.4, 0.5) is 32.0 Å². The lowest BCUT2D eigenvalue weighted by molar-refractivity contribution is -0.143. The van der Waals surface area contributed by atoms with Gasteiger partial charge in [0.05, 0.1) is 12.0 Å². The van der Waals surface area contributed by atoms with E-state index in [0.29, 0.717) is 0 Å². The van der Waals surface area contributed by atoms with Gasteiger partial charge in [0.1, 0.15) is 0 Å². The first kappa shape index (κ1) is 18.5. The van der Waals surface area contributed by atoms with Gasteiger partial charge in [0.25, 0.3) is 5.91 Å². The van der Waals surface area contributed by atoms with Crippen LogP contribution in [0.1, 0.15) is 21.9 Å². The number of hydrogen-bond acceptors (Lipinski definition) is 4. The number of hydrogen-bond donors (Lipinski definition) is 1. The van der Waals surface area contributed by atoms with Gasteiger partial charge in [0.15, 0.2) is 23.0 Å². The van der Waals surface area contributed by atoms with E-state index >= 15 is 0 Å². The summed E-state index contributed by atoms with van der Waals surface area (Å²) >= 11 is 0. The van der Waals surface area contributed by atoms with Crippen molar-refractivity contribution in [3.8, 4) is 5.82 Å². The van der Waals surface area contributed by atoms with Gasteiger partial charge in [-0.25, -0.2) is 9.67 Å². The van der Waals surface area contributed by atoms with Gasteiger partial charge in [-0.2, -0.15) is 31.4 Å². The third-order valence-electron chi connectivity index (χ3n) is 3.27. The maximum absolute atomic E-state index is 13.2. The molecule has 27 heavy (non-hydrogen) atoms. The third-order valence-corrected chi connectivity index (χ3v) is 3.27. The number of nitrogens with zero attached hydrogens (tertiary/aromatic N) is 3. The normalized spacial score (nSPS) is 12.2. The topological polar surface area (TPSA) is 73.0 Å². The quantitative estimate of drug-likeness (QED) is 0.682. The van der Waals surface area contributed by atoms with Crippen LogP contribution in [-0.4, -0.2) is 20.7 Å². The molecule has 3 aromatic heterocycles. The van der Waals surface area contributed by atoms with Gasteiger partial charge >= 0.3 is 12.4 Å². The van der Waals surface area contributed by atoms with Crippen LogP contribution in [0.3, 0.4) is 0 Å². The number of halogens is 6. The maximum Gasteiger partial charge on any atom is 0.435 e. The van der Waals surface area contributed by atoms with Crippen molar-refractivity contribution >= 4 is 11.6 Å². The number of alkyl halides is 6. The molecule has 0 spiro atoms. The van der Waals surface area contributed by atoms with Crippen LogP contribution >= 0.6 is 0 Å². The number of carbonyl (C=O) groups excluding carboxylic acids is 1. The number of nitrogens with one attached hydrogen (secondary N) is 1. The molecule has 6 nitrogen and oxygen atoms in total. The van der Waals surface area contributed by atoms with Crippen LogP contribution < -0.4 is 5.32 Å². The minimum atomic E-state index is -5.14. The number of anilines is 1. The number of amides is 1. The van der Waals surface area contributed by atoms with E-state index in [1.54, 1.807) is 0 Å². The summed E-state index contributed by atoms with van der Waals surface area (Å²) in [7, 11) is 0. The summed E-state index contributed by atoms with van der Waals surface area (Å²) in [5.41, 5.74) is -3.73. The lowest BCUT2D eigenvalue weighted by Gasteiger charge is -2.13. The van der Waals surface area contributed by atoms with Crippen molar-refractivity contribution < 1.29 is 35.6 Å². The van der Waals surface area contributed by atoms with Gasteiger partial charge in [-0.1, -0.05) is 0 Å². The third kappa shape index (κ3) is 3.78. The van der Waals surface area contributed by atoms with E-state index in [1.165, 1.54) is 24.5 Å². The van der Waals surface area contributed by atoms with Crippen molar-refractivity contribution in [2.45, 2.75) is 12.4 Å². The Bertz CT molecular complexity index is 960. The molecule has 0 radical (unpaired) electrons. The lowest BCUT2D eigenvalue weighted by Crippen LogP contribution is -2.18. The molecule has 0 fully saturated rings. The summed E-state index contributed by atoms with van der Waals surface area (Å²) in [5, 5.41) is 5.22. The van der Waals surface area contributed by atoms with Crippen LogP contribution in [0, 0.1) is 0 Å². The Morgan fingerprint density at radius 2 is 1.81 bits per heavy atom. The highest BCUT2D eigenvalue weighted by Crippen LogP contribution is 2.37. The molecule has 0 aliphatic rings.